The molecule has 0 saturated carbocycles. The number of nitrogens with two attached hydrogens (primary N) is 2. The van der Waals surface area contributed by atoms with E-state index in [9.17, 15) is 13.2 Å². The van der Waals surface area contributed by atoms with Gasteiger partial charge in [0, 0.05) is 11.8 Å². The Morgan fingerprint density at radius 2 is 1.71 bits per heavy atom. The number of hydrogen-bond donors (Lipinski definition) is 2. The van der Waals surface area contributed by atoms with Crippen molar-refractivity contribution in [2.75, 3.05) is 11.5 Å². The van der Waals surface area contributed by atoms with Gasteiger partial charge in [0.25, 0.3) is 0 Å². The van der Waals surface area contributed by atoms with E-state index in [0.29, 0.717) is 11.1 Å². The van der Waals surface area contributed by atoms with Crippen molar-refractivity contribution >= 4 is 11.5 Å². The van der Waals surface area contributed by atoms with Gasteiger partial charge in [0.1, 0.15) is 17.3 Å². The van der Waals surface area contributed by atoms with Gasteiger partial charge in [0.2, 0.25) is 0 Å². The van der Waals surface area contributed by atoms with Crippen LogP contribution in [0.4, 0.5) is 24.7 Å². The van der Waals surface area contributed by atoms with Crippen LogP contribution in [0.2, 0.25) is 0 Å². The van der Waals surface area contributed by atoms with E-state index < -0.39 is 17.5 Å². The summed E-state index contributed by atoms with van der Waals surface area (Å²) in [7, 11) is 0. The Kier molecular flexibility index (Phi) is 4.15. The Labute approximate surface area is 156 Å². The molecular formula is C18H12F3N7. The number of halogens is 3. The molecule has 0 unspecified atom stereocenters. The smallest absolute Gasteiger partial charge is 0.190 e. The van der Waals surface area contributed by atoms with Crippen molar-refractivity contribution in [1.29, 1.82) is 0 Å². The second-order valence-corrected chi connectivity index (χ2v) is 5.88. The van der Waals surface area contributed by atoms with Gasteiger partial charge in [-0.05, 0) is 46.3 Å². The van der Waals surface area contributed by atoms with E-state index >= 15 is 0 Å². The Morgan fingerprint density at radius 3 is 2.50 bits per heavy atom. The van der Waals surface area contributed by atoms with E-state index in [4.69, 9.17) is 11.5 Å². The summed E-state index contributed by atoms with van der Waals surface area (Å²) < 4.78 is 42.6. The van der Waals surface area contributed by atoms with Gasteiger partial charge in [-0.2, -0.15) is 4.68 Å². The predicted octanol–water partition coefficient (Wildman–Crippen LogP) is 2.97. The lowest BCUT2D eigenvalue weighted by atomic mass is 10.0. The molecule has 0 amide bonds. The third-order valence-electron chi connectivity index (χ3n) is 4.12. The first kappa shape index (κ1) is 17.5. The number of tetrazole rings is 1. The molecule has 4 N–H and O–H groups in total. The maximum absolute atomic E-state index is 14.2. The molecule has 7 nitrogen and oxygen atoms in total. The van der Waals surface area contributed by atoms with E-state index in [1.807, 2.05) is 0 Å². The fraction of sp³-hybridized carbons (Fsp3) is 0. The van der Waals surface area contributed by atoms with Gasteiger partial charge < -0.3 is 11.5 Å². The molecule has 2 aromatic heterocycles. The highest BCUT2D eigenvalue weighted by molar-refractivity contribution is 5.77. The van der Waals surface area contributed by atoms with Crippen LogP contribution in [0.1, 0.15) is 0 Å². The highest BCUT2D eigenvalue weighted by atomic mass is 19.2. The van der Waals surface area contributed by atoms with Gasteiger partial charge in [-0.3, -0.25) is 0 Å². The maximum atomic E-state index is 14.2. The summed E-state index contributed by atoms with van der Waals surface area (Å²) in [5.41, 5.74) is 12.5. The molecule has 0 saturated heterocycles. The van der Waals surface area contributed by atoms with E-state index in [2.05, 4.69) is 20.5 Å². The van der Waals surface area contributed by atoms with Crippen LogP contribution in [0.25, 0.3) is 28.2 Å². The summed E-state index contributed by atoms with van der Waals surface area (Å²) in [6.07, 6.45) is 1.45. The summed E-state index contributed by atoms with van der Waals surface area (Å²) in [5, 5.41) is 11.1. The third-order valence-corrected chi connectivity index (χ3v) is 4.12. The molecule has 0 aliphatic rings. The molecule has 2 aromatic carbocycles. The minimum absolute atomic E-state index is 0.0119. The number of benzene rings is 2. The summed E-state index contributed by atoms with van der Waals surface area (Å²) in [4.78, 5) is 4.09. The quantitative estimate of drug-likeness (QED) is 0.527. The Balaban J connectivity index is 1.86. The number of nitrogens with zero attached hydrogens (tertiary/aromatic N) is 5. The Hall–Kier alpha value is -3.95. The highest BCUT2D eigenvalue weighted by Gasteiger charge is 2.19. The number of rotatable bonds is 3. The molecule has 4 rings (SSSR count). The van der Waals surface area contributed by atoms with E-state index in [1.54, 1.807) is 12.1 Å². The SMILES string of the molecule is Nc1ccc(-c2cnc(N)c(-c3nnnn3-c3cccc(F)c3F)c2)cc1F. The number of aromatic nitrogens is 5. The van der Waals surface area contributed by atoms with Gasteiger partial charge in [-0.15, -0.1) is 5.10 Å². The predicted molar refractivity (Wildman–Crippen MR) is 96.5 cm³/mol. The zero-order valence-corrected chi connectivity index (χ0v) is 14.1. The lowest BCUT2D eigenvalue weighted by molar-refractivity contribution is 0.501. The first-order chi connectivity index (χ1) is 13.5. The van der Waals surface area contributed by atoms with Crippen molar-refractivity contribution in [1.82, 2.24) is 25.2 Å². The Bertz CT molecular complexity index is 1190. The Morgan fingerprint density at radius 1 is 0.893 bits per heavy atom. The largest absolute Gasteiger partial charge is 0.396 e. The number of nitrogen functional groups attached to an aromatic ring is 2. The first-order valence-electron chi connectivity index (χ1n) is 7.99. The summed E-state index contributed by atoms with van der Waals surface area (Å²) in [5.74, 6) is -2.63. The average molecular weight is 383 g/mol. The zero-order chi connectivity index (χ0) is 19.8. The van der Waals surface area contributed by atoms with Crippen molar-refractivity contribution in [3.8, 4) is 28.2 Å². The lowest BCUT2D eigenvalue weighted by Gasteiger charge is -2.10. The number of pyridine rings is 1. The van der Waals surface area contributed by atoms with Gasteiger partial charge in [0.15, 0.2) is 17.5 Å². The molecule has 0 bridgehead atoms. The van der Waals surface area contributed by atoms with E-state index in [1.165, 1.54) is 30.5 Å². The van der Waals surface area contributed by atoms with Crippen molar-refractivity contribution in [3.05, 3.63) is 66.1 Å². The average Bonchev–Trinajstić information content (AvgIpc) is 3.16. The molecule has 0 radical (unpaired) electrons. The van der Waals surface area contributed by atoms with Gasteiger partial charge >= 0.3 is 0 Å². The second kappa shape index (κ2) is 6.65. The summed E-state index contributed by atoms with van der Waals surface area (Å²) >= 11 is 0. The molecule has 0 aliphatic carbocycles. The molecule has 28 heavy (non-hydrogen) atoms. The molecule has 140 valence electrons. The van der Waals surface area contributed by atoms with Crippen LogP contribution >= 0.6 is 0 Å². The van der Waals surface area contributed by atoms with E-state index in [-0.39, 0.29) is 28.6 Å². The molecule has 4 aromatic rings. The summed E-state index contributed by atoms with van der Waals surface area (Å²) in [6, 6.07) is 9.50. The minimum Gasteiger partial charge on any atom is -0.396 e. The standard InChI is InChI=1S/C18H12F3N7/c19-12-2-1-3-15(16(12)21)28-18(25-26-27-28)11-6-10(8-24-17(11)23)9-4-5-14(22)13(20)7-9/h1-8H,22H2,(H2,23,24). The molecule has 0 fully saturated rings. The second-order valence-electron chi connectivity index (χ2n) is 5.88. The first-order valence-corrected chi connectivity index (χ1v) is 7.99. The van der Waals surface area contributed by atoms with Crippen LogP contribution in [0.15, 0.2) is 48.7 Å². The van der Waals surface area contributed by atoms with Crippen LogP contribution in [0, 0.1) is 17.5 Å². The van der Waals surface area contributed by atoms with Crippen LogP contribution in [0.3, 0.4) is 0 Å². The van der Waals surface area contributed by atoms with Crippen molar-refractivity contribution in [3.63, 3.8) is 0 Å². The minimum atomic E-state index is -1.11. The third kappa shape index (κ3) is 2.90. The number of anilines is 2. The van der Waals surface area contributed by atoms with Crippen LogP contribution < -0.4 is 11.5 Å². The van der Waals surface area contributed by atoms with E-state index in [0.717, 1.165) is 10.7 Å². The number of hydrogen-bond acceptors (Lipinski definition) is 6. The topological polar surface area (TPSA) is 109 Å². The van der Waals surface area contributed by atoms with Gasteiger partial charge in [-0.1, -0.05) is 12.1 Å². The summed E-state index contributed by atoms with van der Waals surface area (Å²) in [6.45, 7) is 0. The molecule has 0 spiro atoms. The molecular weight excluding hydrogens is 371 g/mol. The molecule has 0 aliphatic heterocycles. The highest BCUT2D eigenvalue weighted by Crippen LogP contribution is 2.30. The van der Waals surface area contributed by atoms with Gasteiger partial charge in [0.05, 0.1) is 11.3 Å². The van der Waals surface area contributed by atoms with Crippen molar-refractivity contribution in [2.45, 2.75) is 0 Å². The molecule has 2 heterocycles. The van der Waals surface area contributed by atoms with Gasteiger partial charge in [-0.25, -0.2) is 18.2 Å². The van der Waals surface area contributed by atoms with Crippen LogP contribution in [-0.2, 0) is 0 Å². The van der Waals surface area contributed by atoms with Crippen LogP contribution in [-0.4, -0.2) is 25.2 Å². The normalized spacial score (nSPS) is 11.0. The molecule has 10 heteroatoms. The zero-order valence-electron chi connectivity index (χ0n) is 14.1. The van der Waals surface area contributed by atoms with Crippen LogP contribution in [0.5, 0.6) is 0 Å². The fourth-order valence-corrected chi connectivity index (χ4v) is 2.69. The molecule has 0 atom stereocenters. The van der Waals surface area contributed by atoms with Crippen molar-refractivity contribution in [2.24, 2.45) is 0 Å². The fourth-order valence-electron chi connectivity index (χ4n) is 2.69. The van der Waals surface area contributed by atoms with Crippen molar-refractivity contribution < 1.29 is 13.2 Å². The monoisotopic (exact) mass is 383 g/mol. The maximum Gasteiger partial charge on any atom is 0.190 e. The lowest BCUT2D eigenvalue weighted by Crippen LogP contribution is -2.06.